The molecule has 0 aromatic heterocycles. The van der Waals surface area contributed by atoms with E-state index in [0.29, 0.717) is 0 Å². The molecule has 3 heteroatoms. The second-order valence-electron chi connectivity index (χ2n) is 3.17. The van der Waals surface area contributed by atoms with Gasteiger partial charge < -0.3 is 0 Å². The first kappa shape index (κ1) is 9.64. The second kappa shape index (κ2) is 3.16. The van der Waals surface area contributed by atoms with Crippen molar-refractivity contribution in [1.29, 1.82) is 0 Å². The normalized spacial score (nSPS) is 10.8. The van der Waals surface area contributed by atoms with Gasteiger partial charge in [0, 0.05) is 6.92 Å². The fourth-order valence-electron chi connectivity index (χ4n) is 0.443. The molecule has 0 heterocycles. The van der Waals surface area contributed by atoms with Crippen molar-refractivity contribution in [3.63, 3.8) is 0 Å². The molecule has 0 saturated heterocycles. The van der Waals surface area contributed by atoms with Crippen LogP contribution in [0.5, 0.6) is 0 Å². The van der Waals surface area contributed by atoms with Crippen molar-refractivity contribution in [2.45, 2.75) is 6.92 Å². The SMILES string of the molecule is CC(=O)C(=O)C=P(C)(C)C. The van der Waals surface area contributed by atoms with Gasteiger partial charge in [-0.25, -0.2) is 0 Å². The molecule has 58 valence electrons. The largest absolute Gasteiger partial charge is 0.291 e. The van der Waals surface area contributed by atoms with Gasteiger partial charge in [-0.1, -0.05) is 0 Å². The second-order valence-corrected chi connectivity index (χ2v) is 7.66. The summed E-state index contributed by atoms with van der Waals surface area (Å²) in [5, 5.41) is 0. The van der Waals surface area contributed by atoms with E-state index in [1.807, 2.05) is 20.0 Å². The summed E-state index contributed by atoms with van der Waals surface area (Å²) >= 11 is 0. The molecule has 0 amide bonds. The van der Waals surface area contributed by atoms with Crippen LogP contribution in [0.1, 0.15) is 6.92 Å². The third-order valence-electron chi connectivity index (χ3n) is 0.852. The first-order chi connectivity index (χ1) is 4.33. The molecule has 0 aromatic carbocycles. The Kier molecular flexibility index (Phi) is 3.04. The van der Waals surface area contributed by atoms with Gasteiger partial charge in [0.1, 0.15) is 0 Å². The van der Waals surface area contributed by atoms with Crippen LogP contribution in [-0.2, 0) is 9.59 Å². The summed E-state index contributed by atoms with van der Waals surface area (Å²) in [6.45, 7) is 6.06. The maximum Gasteiger partial charge on any atom is 0.221 e. The molecule has 0 radical (unpaired) electrons. The fraction of sp³-hybridized carbons (Fsp3) is 0.571. The third-order valence-corrected chi connectivity index (χ3v) is 1.86. The molecule has 0 bridgehead atoms. The molecule has 0 rings (SSSR count). The van der Waals surface area contributed by atoms with Gasteiger partial charge in [-0.3, -0.25) is 9.59 Å². The Balaban J connectivity index is 4.45. The molecule has 10 heavy (non-hydrogen) atoms. The summed E-state index contributed by atoms with van der Waals surface area (Å²) in [4.78, 5) is 21.2. The van der Waals surface area contributed by atoms with Gasteiger partial charge in [-0.05, 0) is 25.8 Å². The number of hydrogen-bond donors (Lipinski definition) is 0. The van der Waals surface area contributed by atoms with Crippen molar-refractivity contribution in [2.24, 2.45) is 0 Å². The number of ketones is 2. The molecular weight excluding hydrogens is 147 g/mol. The van der Waals surface area contributed by atoms with Crippen molar-refractivity contribution in [3.8, 4) is 0 Å². The first-order valence-corrected chi connectivity index (χ1v) is 6.25. The van der Waals surface area contributed by atoms with Gasteiger partial charge >= 0.3 is 0 Å². The molecule has 0 unspecified atom stereocenters. The van der Waals surface area contributed by atoms with Crippen LogP contribution in [0.2, 0.25) is 0 Å². The zero-order chi connectivity index (χ0) is 8.36. The van der Waals surface area contributed by atoms with Crippen LogP contribution in [0.3, 0.4) is 0 Å². The maximum absolute atomic E-state index is 10.8. The molecule has 0 aliphatic carbocycles. The lowest BCUT2D eigenvalue weighted by Crippen LogP contribution is -2.10. The monoisotopic (exact) mass is 160 g/mol. The average Bonchev–Trinajstić information content (AvgIpc) is 1.60. The lowest BCUT2D eigenvalue weighted by molar-refractivity contribution is -0.131. The molecule has 0 N–H and O–H groups in total. The minimum Gasteiger partial charge on any atom is -0.291 e. The number of Topliss-reactive ketones (excluding diaryl/α,β-unsaturated/α-hetero) is 2. The summed E-state index contributed by atoms with van der Waals surface area (Å²) in [6.07, 6.45) is 0. The minimum atomic E-state index is -1.22. The fourth-order valence-corrected chi connectivity index (χ4v) is 1.33. The predicted octanol–water partition coefficient (Wildman–Crippen LogP) is 0.854. The molecule has 0 aliphatic heterocycles. The van der Waals surface area contributed by atoms with E-state index < -0.39 is 6.89 Å². The zero-order valence-corrected chi connectivity index (χ0v) is 7.74. The number of carbonyl (C=O) groups is 2. The van der Waals surface area contributed by atoms with E-state index in [0.717, 1.165) is 0 Å². The molecular formula is C7H13O2P. The Bertz CT molecular complexity index is 201. The smallest absolute Gasteiger partial charge is 0.221 e. The van der Waals surface area contributed by atoms with E-state index in [-0.39, 0.29) is 11.6 Å². The molecule has 0 aromatic rings. The van der Waals surface area contributed by atoms with Crippen molar-refractivity contribution < 1.29 is 9.59 Å². The van der Waals surface area contributed by atoms with Crippen molar-refractivity contribution in [1.82, 2.24) is 0 Å². The van der Waals surface area contributed by atoms with Crippen LogP contribution in [-0.4, -0.2) is 37.4 Å². The van der Waals surface area contributed by atoms with E-state index in [2.05, 4.69) is 0 Å². The summed E-state index contributed by atoms with van der Waals surface area (Å²) < 4.78 is 0. The molecule has 0 saturated carbocycles. The van der Waals surface area contributed by atoms with Crippen molar-refractivity contribution >= 4 is 24.2 Å². The van der Waals surface area contributed by atoms with Gasteiger partial charge in [0.15, 0.2) is 5.78 Å². The highest BCUT2D eigenvalue weighted by molar-refractivity contribution is 7.74. The summed E-state index contributed by atoms with van der Waals surface area (Å²) in [5.74, 6) is 0.839. The van der Waals surface area contributed by atoms with Crippen molar-refractivity contribution in [2.75, 3.05) is 20.0 Å². The Hall–Kier alpha value is -0.360. The summed E-state index contributed by atoms with van der Waals surface area (Å²) in [7, 11) is 0. The number of rotatable bonds is 2. The molecule has 0 spiro atoms. The van der Waals surface area contributed by atoms with Gasteiger partial charge in [0.25, 0.3) is 0 Å². The van der Waals surface area contributed by atoms with Gasteiger partial charge in [-0.2, -0.15) is 0 Å². The van der Waals surface area contributed by atoms with Crippen molar-refractivity contribution in [3.05, 3.63) is 0 Å². The van der Waals surface area contributed by atoms with Crippen LogP contribution in [0.25, 0.3) is 0 Å². The highest BCUT2D eigenvalue weighted by atomic mass is 31.2. The highest BCUT2D eigenvalue weighted by Gasteiger charge is 2.05. The summed E-state index contributed by atoms with van der Waals surface area (Å²) in [5.41, 5.74) is 0. The van der Waals surface area contributed by atoms with Gasteiger partial charge in [-0.15, -0.1) is 6.89 Å². The van der Waals surface area contributed by atoms with E-state index in [1.54, 1.807) is 5.80 Å². The van der Waals surface area contributed by atoms with E-state index in [1.165, 1.54) is 6.92 Å². The zero-order valence-electron chi connectivity index (χ0n) is 6.84. The van der Waals surface area contributed by atoms with Crippen LogP contribution in [0, 0.1) is 0 Å². The van der Waals surface area contributed by atoms with E-state index in [4.69, 9.17) is 0 Å². The third kappa shape index (κ3) is 4.51. The molecule has 2 nitrogen and oxygen atoms in total. The van der Waals surface area contributed by atoms with Gasteiger partial charge in [0.05, 0.1) is 0 Å². The number of hydrogen-bond acceptors (Lipinski definition) is 2. The summed E-state index contributed by atoms with van der Waals surface area (Å²) in [6, 6.07) is 0. The van der Waals surface area contributed by atoms with Crippen LogP contribution in [0.15, 0.2) is 0 Å². The Labute approximate surface area is 61.6 Å². The van der Waals surface area contributed by atoms with Crippen LogP contribution < -0.4 is 0 Å². The quantitative estimate of drug-likeness (QED) is 0.443. The van der Waals surface area contributed by atoms with Gasteiger partial charge in [0.2, 0.25) is 5.78 Å². The maximum atomic E-state index is 10.8. The standard InChI is InChI=1S/C7H13O2P/c1-6(8)7(9)5-10(2,3)4/h5H,1-4H3. The first-order valence-electron chi connectivity index (χ1n) is 3.05. The van der Waals surface area contributed by atoms with Crippen LogP contribution >= 0.6 is 6.89 Å². The van der Waals surface area contributed by atoms with Crippen LogP contribution in [0.4, 0.5) is 0 Å². The lowest BCUT2D eigenvalue weighted by Gasteiger charge is -2.03. The lowest BCUT2D eigenvalue weighted by atomic mass is 10.3. The Morgan fingerprint density at radius 1 is 1.20 bits per heavy atom. The Morgan fingerprint density at radius 3 is 1.70 bits per heavy atom. The molecule has 0 aliphatic rings. The molecule has 0 fully saturated rings. The van der Waals surface area contributed by atoms with E-state index in [9.17, 15) is 9.59 Å². The van der Waals surface area contributed by atoms with E-state index >= 15 is 0 Å². The minimum absolute atomic E-state index is 0.346. The topological polar surface area (TPSA) is 34.1 Å². The highest BCUT2D eigenvalue weighted by Crippen LogP contribution is 2.31. The molecule has 0 atom stereocenters. The number of carbonyl (C=O) groups excluding carboxylic acids is 2. The Morgan fingerprint density at radius 2 is 1.60 bits per heavy atom. The average molecular weight is 160 g/mol. The predicted molar refractivity (Wildman–Crippen MR) is 46.4 cm³/mol.